The van der Waals surface area contributed by atoms with Gasteiger partial charge in [0.2, 0.25) is 5.89 Å². The van der Waals surface area contributed by atoms with E-state index in [1.54, 1.807) is 38.3 Å². The fourth-order valence-electron chi connectivity index (χ4n) is 3.87. The fraction of sp³-hybridized carbons (Fsp3) is 0.545. The first-order valence-electron chi connectivity index (χ1n) is 10.2. The van der Waals surface area contributed by atoms with Crippen molar-refractivity contribution in [2.24, 2.45) is 5.92 Å². The van der Waals surface area contributed by atoms with Gasteiger partial charge in [-0.15, -0.1) is 0 Å². The highest BCUT2D eigenvalue weighted by atomic mass is 32.2. The summed E-state index contributed by atoms with van der Waals surface area (Å²) >= 11 is 0. The molecular formula is C22H29NO5S. The van der Waals surface area contributed by atoms with Gasteiger partial charge >= 0.3 is 0 Å². The van der Waals surface area contributed by atoms with Crippen LogP contribution in [0.1, 0.15) is 56.4 Å². The molecular weight excluding hydrogens is 390 g/mol. The van der Waals surface area contributed by atoms with Crippen LogP contribution in [-0.4, -0.2) is 32.0 Å². The summed E-state index contributed by atoms with van der Waals surface area (Å²) in [6.07, 6.45) is 7.12. The second-order valence-electron chi connectivity index (χ2n) is 7.88. The summed E-state index contributed by atoms with van der Waals surface area (Å²) in [5, 5.41) is 0. The minimum absolute atomic E-state index is 0.187. The third kappa shape index (κ3) is 6.16. The first-order valence-corrected chi connectivity index (χ1v) is 12.0. The van der Waals surface area contributed by atoms with Crippen molar-refractivity contribution < 1.29 is 22.4 Å². The summed E-state index contributed by atoms with van der Waals surface area (Å²) in [6, 6.07) is 7.19. The number of carbonyl (C=O) groups is 1. The molecule has 0 aliphatic heterocycles. The normalized spacial score (nSPS) is 15.8. The number of rotatable bonds is 8. The van der Waals surface area contributed by atoms with Crippen LogP contribution in [-0.2, 0) is 20.4 Å². The van der Waals surface area contributed by atoms with Gasteiger partial charge < -0.3 is 9.15 Å². The summed E-state index contributed by atoms with van der Waals surface area (Å²) in [5.74, 6) is 0.967. The van der Waals surface area contributed by atoms with Crippen molar-refractivity contribution in [1.82, 2.24) is 4.98 Å². The minimum atomic E-state index is -3.59. The molecule has 1 aliphatic rings. The van der Waals surface area contributed by atoms with E-state index in [1.807, 2.05) is 0 Å². The second-order valence-corrected chi connectivity index (χ2v) is 9.95. The lowest BCUT2D eigenvalue weighted by atomic mass is 9.95. The van der Waals surface area contributed by atoms with Crippen LogP contribution in [0, 0.1) is 12.8 Å². The Kier molecular flexibility index (Phi) is 7.11. The summed E-state index contributed by atoms with van der Waals surface area (Å²) in [5.41, 5.74) is 1.10. The number of oxazole rings is 1. The predicted molar refractivity (Wildman–Crippen MR) is 112 cm³/mol. The molecule has 1 fully saturated rings. The SMILES string of the molecule is COc1ccc(-c2nc(CS(=O)(=O)CC(=O)CC3CCCCCC3)c(C)o2)cc1. The topological polar surface area (TPSA) is 86.5 Å². The largest absolute Gasteiger partial charge is 0.497 e. The first kappa shape index (κ1) is 21.6. The summed E-state index contributed by atoms with van der Waals surface area (Å²) in [7, 11) is -2.00. The van der Waals surface area contributed by atoms with E-state index in [-0.39, 0.29) is 11.5 Å². The molecule has 1 aliphatic carbocycles. The Bertz CT molecular complexity index is 923. The molecule has 0 atom stereocenters. The van der Waals surface area contributed by atoms with Crippen LogP contribution in [0.25, 0.3) is 11.5 Å². The van der Waals surface area contributed by atoms with E-state index >= 15 is 0 Å². The number of sulfone groups is 1. The third-order valence-electron chi connectivity index (χ3n) is 5.46. The van der Waals surface area contributed by atoms with Crippen molar-refractivity contribution in [1.29, 1.82) is 0 Å². The number of ether oxygens (including phenoxy) is 1. The predicted octanol–water partition coefficient (Wildman–Crippen LogP) is 4.50. The molecule has 0 bridgehead atoms. The van der Waals surface area contributed by atoms with Gasteiger partial charge in [-0.25, -0.2) is 13.4 Å². The smallest absolute Gasteiger partial charge is 0.226 e. The Hall–Kier alpha value is -2.15. The number of benzene rings is 1. The number of methoxy groups -OCH3 is 1. The molecule has 29 heavy (non-hydrogen) atoms. The highest BCUT2D eigenvalue weighted by Crippen LogP contribution is 2.27. The van der Waals surface area contributed by atoms with Crippen molar-refractivity contribution in [2.75, 3.05) is 12.9 Å². The average molecular weight is 420 g/mol. The number of carbonyl (C=O) groups excluding carboxylic acids is 1. The number of hydrogen-bond acceptors (Lipinski definition) is 6. The van der Waals surface area contributed by atoms with Crippen molar-refractivity contribution in [3.05, 3.63) is 35.7 Å². The van der Waals surface area contributed by atoms with Crippen LogP contribution >= 0.6 is 0 Å². The molecule has 0 saturated heterocycles. The minimum Gasteiger partial charge on any atom is -0.497 e. The standard InChI is InChI=1S/C22H29NO5S/c1-16-21(23-22(28-16)18-9-11-20(27-2)12-10-18)15-29(25,26)14-19(24)13-17-7-5-3-4-6-8-17/h9-12,17H,3-8,13-15H2,1-2H3. The highest BCUT2D eigenvalue weighted by Gasteiger charge is 2.24. The van der Waals surface area contributed by atoms with Crippen LogP contribution in [0.4, 0.5) is 0 Å². The number of hydrogen-bond donors (Lipinski definition) is 0. The molecule has 6 nitrogen and oxygen atoms in total. The number of aryl methyl sites for hydroxylation is 1. The Morgan fingerprint density at radius 3 is 2.41 bits per heavy atom. The zero-order valence-electron chi connectivity index (χ0n) is 17.1. The van der Waals surface area contributed by atoms with Gasteiger partial charge in [0.05, 0.1) is 18.6 Å². The third-order valence-corrected chi connectivity index (χ3v) is 6.93. The van der Waals surface area contributed by atoms with Gasteiger partial charge in [0, 0.05) is 12.0 Å². The van der Waals surface area contributed by atoms with E-state index < -0.39 is 15.6 Å². The van der Waals surface area contributed by atoms with Gasteiger partial charge in [-0.05, 0) is 37.1 Å². The lowest BCUT2D eigenvalue weighted by Gasteiger charge is -2.12. The fourth-order valence-corrected chi connectivity index (χ4v) is 5.27. The van der Waals surface area contributed by atoms with Crippen molar-refractivity contribution in [3.8, 4) is 17.2 Å². The Morgan fingerprint density at radius 2 is 1.79 bits per heavy atom. The molecule has 1 saturated carbocycles. The van der Waals surface area contributed by atoms with E-state index in [4.69, 9.17) is 9.15 Å². The number of ketones is 1. The Balaban J connectivity index is 1.63. The van der Waals surface area contributed by atoms with E-state index in [2.05, 4.69) is 4.98 Å². The molecule has 0 N–H and O–H groups in total. The van der Waals surface area contributed by atoms with Crippen LogP contribution in [0.5, 0.6) is 5.75 Å². The van der Waals surface area contributed by atoms with Gasteiger partial charge in [-0.2, -0.15) is 0 Å². The summed E-state index contributed by atoms with van der Waals surface area (Å²) < 4.78 is 36.0. The maximum atomic E-state index is 12.6. The Morgan fingerprint density at radius 1 is 1.14 bits per heavy atom. The summed E-state index contributed by atoms with van der Waals surface area (Å²) in [4.78, 5) is 16.7. The summed E-state index contributed by atoms with van der Waals surface area (Å²) in [6.45, 7) is 1.69. The average Bonchev–Trinajstić information content (AvgIpc) is 2.87. The number of Topliss-reactive ketones (excluding diaryl/α,β-unsaturated/α-hetero) is 1. The van der Waals surface area contributed by atoms with Crippen LogP contribution in [0.2, 0.25) is 0 Å². The van der Waals surface area contributed by atoms with Crippen LogP contribution in [0.15, 0.2) is 28.7 Å². The van der Waals surface area contributed by atoms with Crippen molar-refractivity contribution in [3.63, 3.8) is 0 Å². The lowest BCUT2D eigenvalue weighted by Crippen LogP contribution is -2.20. The van der Waals surface area contributed by atoms with Crippen molar-refractivity contribution >= 4 is 15.6 Å². The molecule has 0 amide bonds. The maximum absolute atomic E-state index is 12.6. The number of aromatic nitrogens is 1. The van der Waals surface area contributed by atoms with Gasteiger partial charge in [-0.1, -0.05) is 38.5 Å². The van der Waals surface area contributed by atoms with Gasteiger partial charge in [0.15, 0.2) is 9.84 Å². The second kappa shape index (κ2) is 9.57. The van der Waals surface area contributed by atoms with E-state index in [1.165, 1.54) is 12.8 Å². The molecule has 3 rings (SSSR count). The molecule has 158 valence electrons. The molecule has 2 aromatic rings. The molecule has 1 heterocycles. The van der Waals surface area contributed by atoms with E-state index in [9.17, 15) is 13.2 Å². The van der Waals surface area contributed by atoms with E-state index in [0.717, 1.165) is 31.2 Å². The molecule has 1 aromatic carbocycles. The Labute approximate surface area is 172 Å². The monoisotopic (exact) mass is 419 g/mol. The van der Waals surface area contributed by atoms with Crippen molar-refractivity contribution in [2.45, 2.75) is 57.6 Å². The zero-order valence-corrected chi connectivity index (χ0v) is 18.0. The highest BCUT2D eigenvalue weighted by molar-refractivity contribution is 7.91. The van der Waals surface area contributed by atoms with Gasteiger partial charge in [0.25, 0.3) is 0 Å². The van der Waals surface area contributed by atoms with Crippen LogP contribution < -0.4 is 4.74 Å². The molecule has 0 unspecified atom stereocenters. The van der Waals surface area contributed by atoms with Gasteiger partial charge in [-0.3, -0.25) is 4.79 Å². The van der Waals surface area contributed by atoms with Gasteiger partial charge in [0.1, 0.15) is 23.0 Å². The lowest BCUT2D eigenvalue weighted by molar-refractivity contribution is -0.117. The first-order chi connectivity index (χ1) is 13.9. The number of nitrogens with zero attached hydrogens (tertiary/aromatic N) is 1. The maximum Gasteiger partial charge on any atom is 0.226 e. The van der Waals surface area contributed by atoms with E-state index in [0.29, 0.717) is 35.4 Å². The van der Waals surface area contributed by atoms with Crippen LogP contribution in [0.3, 0.4) is 0 Å². The molecule has 7 heteroatoms. The zero-order chi connectivity index (χ0) is 20.9. The quantitative estimate of drug-likeness (QED) is 0.586. The molecule has 0 radical (unpaired) electrons. The molecule has 0 spiro atoms. The molecule has 1 aromatic heterocycles.